The highest BCUT2D eigenvalue weighted by molar-refractivity contribution is 7.19. The molecule has 0 spiro atoms. The Balaban J connectivity index is 1.23. The number of halogens is 1. The van der Waals surface area contributed by atoms with Crippen LogP contribution in [0.25, 0.3) is 21.6 Å². The molecule has 8 nitrogen and oxygen atoms in total. The molecule has 1 atom stereocenters. The van der Waals surface area contributed by atoms with Crippen LogP contribution in [0.1, 0.15) is 45.4 Å². The first kappa shape index (κ1) is 21.7. The second-order valence-corrected chi connectivity index (χ2v) is 9.53. The van der Waals surface area contributed by atoms with E-state index in [9.17, 15) is 4.39 Å². The minimum absolute atomic E-state index is 0.0127. The quantitative estimate of drug-likeness (QED) is 0.387. The van der Waals surface area contributed by atoms with Gasteiger partial charge in [0.05, 0.1) is 11.9 Å². The summed E-state index contributed by atoms with van der Waals surface area (Å²) in [5.74, 6) is 0.987. The summed E-state index contributed by atoms with van der Waals surface area (Å²) < 4.78 is 25.7. The number of nitrogens with zero attached hydrogens (tertiary/aromatic N) is 6. The van der Waals surface area contributed by atoms with Crippen molar-refractivity contribution in [1.29, 1.82) is 0 Å². The van der Waals surface area contributed by atoms with Crippen LogP contribution in [0.2, 0.25) is 0 Å². The van der Waals surface area contributed by atoms with Crippen LogP contribution in [0.15, 0.2) is 35.1 Å². The Morgan fingerprint density at radius 3 is 2.67 bits per heavy atom. The lowest BCUT2D eigenvalue weighted by atomic mass is 9.92. The second kappa shape index (κ2) is 9.01. The predicted molar refractivity (Wildman–Crippen MR) is 124 cm³/mol. The number of rotatable bonds is 6. The summed E-state index contributed by atoms with van der Waals surface area (Å²) in [6, 6.07) is 5.84. The first-order chi connectivity index (χ1) is 16.0. The molecule has 0 amide bonds. The van der Waals surface area contributed by atoms with Gasteiger partial charge in [-0.1, -0.05) is 30.3 Å². The standard InChI is InChI=1S/C23H25FN6O2S/c1-13(2)20-28-22(32-29-20)30-10-7-15(8-11-30)14(3)31-23-27-19-5-4-18(26-21(19)33-23)16-6-9-25-12-17(16)24/h4-6,9,12-15H,7-8,10-11H2,1-3H3/t14-/m0/s1. The van der Waals surface area contributed by atoms with Crippen molar-refractivity contribution < 1.29 is 13.7 Å². The van der Waals surface area contributed by atoms with Crippen molar-refractivity contribution in [2.75, 3.05) is 18.0 Å². The Morgan fingerprint density at radius 1 is 1.12 bits per heavy atom. The summed E-state index contributed by atoms with van der Waals surface area (Å²) in [4.78, 5) is 20.3. The number of hydrogen-bond acceptors (Lipinski definition) is 9. The third-order valence-corrected chi connectivity index (χ3v) is 6.85. The molecule has 1 aliphatic heterocycles. The van der Waals surface area contributed by atoms with Gasteiger partial charge in [-0.15, -0.1) is 0 Å². The molecule has 172 valence electrons. The summed E-state index contributed by atoms with van der Waals surface area (Å²) in [5.41, 5.74) is 1.72. The van der Waals surface area contributed by atoms with Gasteiger partial charge in [-0.05, 0) is 43.9 Å². The van der Waals surface area contributed by atoms with E-state index in [4.69, 9.17) is 9.26 Å². The smallest absolute Gasteiger partial charge is 0.324 e. The summed E-state index contributed by atoms with van der Waals surface area (Å²) in [5, 5.41) is 4.64. The zero-order chi connectivity index (χ0) is 22.9. The van der Waals surface area contributed by atoms with E-state index >= 15 is 0 Å². The molecule has 5 heterocycles. The van der Waals surface area contributed by atoms with E-state index in [1.165, 1.54) is 17.5 Å². The monoisotopic (exact) mass is 468 g/mol. The third kappa shape index (κ3) is 4.52. The Bertz CT molecular complexity index is 1250. The van der Waals surface area contributed by atoms with Crippen molar-refractivity contribution in [3.05, 3.63) is 42.2 Å². The first-order valence-corrected chi connectivity index (χ1v) is 11.9. The molecule has 0 N–H and O–H groups in total. The highest BCUT2D eigenvalue weighted by Crippen LogP contribution is 2.32. The summed E-state index contributed by atoms with van der Waals surface area (Å²) >= 11 is 1.38. The zero-order valence-corrected chi connectivity index (χ0v) is 19.5. The lowest BCUT2D eigenvalue weighted by Gasteiger charge is -2.33. The Morgan fingerprint density at radius 2 is 1.94 bits per heavy atom. The lowest BCUT2D eigenvalue weighted by molar-refractivity contribution is 0.131. The van der Waals surface area contributed by atoms with Crippen LogP contribution in [-0.2, 0) is 0 Å². The summed E-state index contributed by atoms with van der Waals surface area (Å²) in [6.45, 7) is 7.88. The average molecular weight is 469 g/mol. The molecule has 0 unspecified atom stereocenters. The Kier molecular flexibility index (Phi) is 5.92. The number of anilines is 1. The van der Waals surface area contributed by atoms with Gasteiger partial charge < -0.3 is 14.2 Å². The molecule has 1 fully saturated rings. The van der Waals surface area contributed by atoms with Gasteiger partial charge in [0.1, 0.15) is 16.5 Å². The Hall–Kier alpha value is -3.14. The van der Waals surface area contributed by atoms with Crippen molar-refractivity contribution in [2.24, 2.45) is 5.92 Å². The largest absolute Gasteiger partial charge is 0.467 e. The molecule has 0 bridgehead atoms. The molecule has 0 aliphatic carbocycles. The highest BCUT2D eigenvalue weighted by atomic mass is 32.1. The van der Waals surface area contributed by atoms with Crippen LogP contribution in [0.3, 0.4) is 0 Å². The zero-order valence-electron chi connectivity index (χ0n) is 18.7. The molecule has 1 aliphatic rings. The summed E-state index contributed by atoms with van der Waals surface area (Å²) in [6.07, 6.45) is 4.69. The molecule has 0 radical (unpaired) electrons. The van der Waals surface area contributed by atoms with Crippen LogP contribution in [0.4, 0.5) is 10.4 Å². The highest BCUT2D eigenvalue weighted by Gasteiger charge is 2.28. The molecule has 0 saturated carbocycles. The maximum Gasteiger partial charge on any atom is 0.324 e. The van der Waals surface area contributed by atoms with Gasteiger partial charge in [0.2, 0.25) is 0 Å². The van der Waals surface area contributed by atoms with Crippen LogP contribution in [0, 0.1) is 11.7 Å². The maximum atomic E-state index is 14.1. The molecule has 5 rings (SSSR count). The second-order valence-electron chi connectivity index (χ2n) is 8.59. The lowest BCUT2D eigenvalue weighted by Crippen LogP contribution is -2.38. The number of ether oxygens (including phenoxy) is 1. The van der Waals surface area contributed by atoms with Gasteiger partial charge in [-0.2, -0.15) is 4.98 Å². The van der Waals surface area contributed by atoms with E-state index in [-0.39, 0.29) is 12.0 Å². The fourth-order valence-electron chi connectivity index (χ4n) is 3.99. The summed E-state index contributed by atoms with van der Waals surface area (Å²) in [7, 11) is 0. The van der Waals surface area contributed by atoms with Crippen molar-refractivity contribution in [2.45, 2.75) is 45.6 Å². The normalized spacial score (nSPS) is 16.0. The SMILES string of the molecule is CC(C)c1noc(N2CCC([C@H](C)Oc3nc4ccc(-c5ccncc5F)nc4s3)CC2)n1. The van der Waals surface area contributed by atoms with Gasteiger partial charge >= 0.3 is 6.01 Å². The van der Waals surface area contributed by atoms with Crippen molar-refractivity contribution in [3.63, 3.8) is 0 Å². The van der Waals surface area contributed by atoms with Crippen molar-refractivity contribution in [1.82, 2.24) is 25.1 Å². The molecule has 10 heteroatoms. The third-order valence-electron chi connectivity index (χ3n) is 5.99. The van der Waals surface area contributed by atoms with E-state index in [2.05, 4.69) is 50.8 Å². The molecule has 0 aromatic carbocycles. The van der Waals surface area contributed by atoms with Crippen LogP contribution in [-0.4, -0.2) is 44.3 Å². The number of pyridine rings is 2. The number of fused-ring (bicyclic) bond motifs is 1. The van der Waals surface area contributed by atoms with E-state index in [0.29, 0.717) is 28.4 Å². The van der Waals surface area contributed by atoms with Crippen LogP contribution in [0.5, 0.6) is 5.19 Å². The fraction of sp³-hybridized carbons (Fsp3) is 0.435. The van der Waals surface area contributed by atoms with E-state index in [1.807, 2.05) is 6.07 Å². The van der Waals surface area contributed by atoms with E-state index in [0.717, 1.165) is 42.1 Å². The minimum Gasteiger partial charge on any atom is -0.467 e. The Labute approximate surface area is 194 Å². The molecule has 1 saturated heterocycles. The fourth-order valence-corrected chi connectivity index (χ4v) is 4.86. The molecule has 33 heavy (non-hydrogen) atoms. The average Bonchev–Trinajstić information content (AvgIpc) is 3.46. The predicted octanol–water partition coefficient (Wildman–Crippen LogP) is 5.08. The van der Waals surface area contributed by atoms with E-state index in [1.54, 1.807) is 18.3 Å². The van der Waals surface area contributed by atoms with Crippen LogP contribution >= 0.6 is 11.3 Å². The minimum atomic E-state index is -0.397. The van der Waals surface area contributed by atoms with E-state index < -0.39 is 5.82 Å². The van der Waals surface area contributed by atoms with Crippen molar-refractivity contribution in [3.8, 4) is 16.5 Å². The van der Waals surface area contributed by atoms with Gasteiger partial charge in [-0.25, -0.2) is 14.4 Å². The van der Waals surface area contributed by atoms with Gasteiger partial charge in [0.25, 0.3) is 5.19 Å². The number of thiazole rings is 1. The number of hydrogen-bond donors (Lipinski definition) is 0. The number of piperidine rings is 1. The molecular formula is C23H25FN6O2S. The van der Waals surface area contributed by atoms with Crippen LogP contribution < -0.4 is 9.64 Å². The van der Waals surface area contributed by atoms with Gasteiger partial charge in [0.15, 0.2) is 11.6 Å². The number of aromatic nitrogens is 5. The molecular weight excluding hydrogens is 443 g/mol. The van der Waals surface area contributed by atoms with Gasteiger partial charge in [0, 0.05) is 30.8 Å². The molecule has 4 aromatic heterocycles. The van der Waals surface area contributed by atoms with Gasteiger partial charge in [-0.3, -0.25) is 4.98 Å². The maximum absolute atomic E-state index is 14.1. The van der Waals surface area contributed by atoms with Crippen molar-refractivity contribution >= 4 is 27.7 Å². The molecule has 4 aromatic rings. The first-order valence-electron chi connectivity index (χ1n) is 11.1. The topological polar surface area (TPSA) is 90.1 Å².